The molecule has 4 nitrogen and oxygen atoms in total. The molecule has 1 aliphatic heterocycles. The maximum absolute atomic E-state index is 10.5. The molecule has 0 spiro atoms. The maximum atomic E-state index is 10.5. The van der Waals surface area contributed by atoms with E-state index in [-0.39, 0.29) is 5.56 Å². The van der Waals surface area contributed by atoms with E-state index in [2.05, 4.69) is 0 Å². The summed E-state index contributed by atoms with van der Waals surface area (Å²) < 4.78 is 5.26. The molecule has 2 aromatic rings. The molecule has 1 heterocycles. The Balaban J connectivity index is 0.000000154. The highest BCUT2D eigenvalue weighted by Gasteiger charge is 2.13. The fraction of sp³-hybridized carbons (Fsp3) is 0.188. The summed E-state index contributed by atoms with van der Waals surface area (Å²) in [6.07, 6.45) is 0. The van der Waals surface area contributed by atoms with Crippen LogP contribution in [0.1, 0.15) is 27.0 Å². The highest BCUT2D eigenvalue weighted by molar-refractivity contribution is 6.32. The molecule has 0 saturated heterocycles. The predicted octanol–water partition coefficient (Wildman–Crippen LogP) is 3.82. The Morgan fingerprint density at radius 2 is 2.00 bits per heavy atom. The molecule has 0 amide bonds. The van der Waals surface area contributed by atoms with Gasteiger partial charge < -0.3 is 15.6 Å². The second-order valence-electron chi connectivity index (χ2n) is 4.89. The summed E-state index contributed by atoms with van der Waals surface area (Å²) in [5.74, 6) is -0.159. The molecule has 0 atom stereocenters. The van der Waals surface area contributed by atoms with Crippen LogP contribution in [0.4, 0.5) is 5.69 Å². The number of halogens is 1. The molecule has 3 rings (SSSR count). The number of hydrogen-bond acceptors (Lipinski definition) is 3. The molecule has 5 heteroatoms. The molecule has 0 fully saturated rings. The number of rotatable bonds is 1. The molecule has 110 valence electrons. The van der Waals surface area contributed by atoms with Crippen LogP contribution in [0.3, 0.4) is 0 Å². The van der Waals surface area contributed by atoms with E-state index in [9.17, 15) is 4.79 Å². The van der Waals surface area contributed by atoms with Gasteiger partial charge in [-0.05, 0) is 49.2 Å². The summed E-state index contributed by atoms with van der Waals surface area (Å²) in [5.41, 5.74) is 9.25. The van der Waals surface area contributed by atoms with E-state index in [0.29, 0.717) is 12.3 Å². The van der Waals surface area contributed by atoms with E-state index >= 15 is 0 Å². The van der Waals surface area contributed by atoms with Crippen LogP contribution in [-0.4, -0.2) is 11.1 Å². The number of ether oxygens (including phenoxy) is 1. The Hall–Kier alpha value is -2.20. The summed E-state index contributed by atoms with van der Waals surface area (Å²) in [6, 6.07) is 8.87. The fourth-order valence-corrected chi connectivity index (χ4v) is 2.24. The number of aryl methyl sites for hydroxylation is 2. The summed E-state index contributed by atoms with van der Waals surface area (Å²) in [5, 5.41) is 9.33. The number of anilines is 1. The highest BCUT2D eigenvalue weighted by Crippen LogP contribution is 2.33. The van der Waals surface area contributed by atoms with Gasteiger partial charge in [0.1, 0.15) is 12.4 Å². The Morgan fingerprint density at radius 1 is 1.29 bits per heavy atom. The van der Waals surface area contributed by atoms with E-state index in [0.717, 1.165) is 16.3 Å². The van der Waals surface area contributed by atoms with Gasteiger partial charge in [-0.25, -0.2) is 4.79 Å². The van der Waals surface area contributed by atoms with Crippen LogP contribution in [0, 0.1) is 13.8 Å². The standard InChI is InChI=1S/C8H7ClO.C8H9NO2/c1-5-2-7(9)8-3-6(5)4-10-8;1-5-2-3-7(9)6(4-5)8(10)11/h2-3H,4H2,1H3;2-4H,9H2,1H3,(H,10,11). The zero-order valence-corrected chi connectivity index (χ0v) is 12.6. The molecule has 0 radical (unpaired) electrons. The van der Waals surface area contributed by atoms with Crippen molar-refractivity contribution in [3.63, 3.8) is 0 Å². The van der Waals surface area contributed by atoms with Crippen LogP contribution in [0.25, 0.3) is 0 Å². The van der Waals surface area contributed by atoms with Gasteiger partial charge in [-0.15, -0.1) is 0 Å². The zero-order chi connectivity index (χ0) is 15.6. The number of carbonyl (C=O) groups is 1. The first-order chi connectivity index (χ1) is 9.88. The number of nitrogens with two attached hydrogens (primary N) is 1. The SMILES string of the molecule is Cc1cc(Cl)c2cc1CO2.Cc1ccc(N)c(C(=O)O)c1. The lowest BCUT2D eigenvalue weighted by Crippen LogP contribution is -2.02. The molecule has 0 unspecified atom stereocenters. The van der Waals surface area contributed by atoms with Crippen LogP contribution in [0.5, 0.6) is 5.75 Å². The third-order valence-electron chi connectivity index (χ3n) is 3.21. The van der Waals surface area contributed by atoms with Crippen LogP contribution >= 0.6 is 11.6 Å². The van der Waals surface area contributed by atoms with Gasteiger partial charge >= 0.3 is 5.97 Å². The van der Waals surface area contributed by atoms with Gasteiger partial charge in [0.15, 0.2) is 0 Å². The van der Waals surface area contributed by atoms with Gasteiger partial charge in [-0.3, -0.25) is 0 Å². The van der Waals surface area contributed by atoms with Gasteiger partial charge in [0.2, 0.25) is 0 Å². The largest absolute Gasteiger partial charge is 0.487 e. The predicted molar refractivity (Wildman–Crippen MR) is 83.1 cm³/mol. The summed E-state index contributed by atoms with van der Waals surface area (Å²) in [4.78, 5) is 10.5. The van der Waals surface area contributed by atoms with Crippen molar-refractivity contribution in [3.05, 3.63) is 57.6 Å². The molecule has 2 aromatic carbocycles. The number of aromatic carboxylic acids is 1. The van der Waals surface area contributed by atoms with Crippen LogP contribution in [0.15, 0.2) is 30.3 Å². The van der Waals surface area contributed by atoms with Gasteiger partial charge in [0, 0.05) is 5.69 Å². The normalized spacial score (nSPS) is 11.4. The average molecular weight is 306 g/mol. The van der Waals surface area contributed by atoms with E-state index in [1.165, 1.54) is 11.1 Å². The summed E-state index contributed by atoms with van der Waals surface area (Å²) >= 11 is 5.84. The van der Waals surface area contributed by atoms with Crippen molar-refractivity contribution in [2.75, 3.05) is 5.73 Å². The minimum absolute atomic E-state index is 0.171. The number of hydrogen-bond donors (Lipinski definition) is 2. The third kappa shape index (κ3) is 3.47. The fourth-order valence-electron chi connectivity index (χ4n) is 1.97. The number of fused-ring (bicyclic) bond motifs is 2. The molecular formula is C16H16ClNO3. The maximum Gasteiger partial charge on any atom is 0.337 e. The molecule has 0 aliphatic carbocycles. The zero-order valence-electron chi connectivity index (χ0n) is 11.8. The third-order valence-corrected chi connectivity index (χ3v) is 3.51. The molecule has 2 bridgehead atoms. The Labute approximate surface area is 128 Å². The quantitative estimate of drug-likeness (QED) is 0.786. The summed E-state index contributed by atoms with van der Waals surface area (Å²) in [7, 11) is 0. The van der Waals surface area contributed by atoms with Crippen molar-refractivity contribution in [2.24, 2.45) is 0 Å². The topological polar surface area (TPSA) is 72.5 Å². The van der Waals surface area contributed by atoms with Crippen LogP contribution in [-0.2, 0) is 6.61 Å². The molecule has 3 N–H and O–H groups in total. The smallest absolute Gasteiger partial charge is 0.337 e. The lowest BCUT2D eigenvalue weighted by atomic mass is 10.1. The Kier molecular flexibility index (Phi) is 4.38. The van der Waals surface area contributed by atoms with Crippen molar-refractivity contribution >= 4 is 23.3 Å². The van der Waals surface area contributed by atoms with Gasteiger partial charge in [0.05, 0.1) is 10.6 Å². The van der Waals surface area contributed by atoms with E-state index in [1.807, 2.05) is 26.0 Å². The molecule has 0 saturated carbocycles. The number of benzene rings is 2. The van der Waals surface area contributed by atoms with Crippen molar-refractivity contribution in [1.29, 1.82) is 0 Å². The summed E-state index contributed by atoms with van der Waals surface area (Å²) in [6.45, 7) is 4.56. The molecular weight excluding hydrogens is 290 g/mol. The minimum Gasteiger partial charge on any atom is -0.487 e. The number of carboxylic acid groups (broad SMARTS) is 1. The number of nitrogen functional groups attached to an aromatic ring is 1. The average Bonchev–Trinajstić information content (AvgIpc) is 2.87. The Bertz CT molecular complexity index is 673. The van der Waals surface area contributed by atoms with Crippen molar-refractivity contribution < 1.29 is 14.6 Å². The van der Waals surface area contributed by atoms with Crippen LogP contribution in [0.2, 0.25) is 5.02 Å². The van der Waals surface area contributed by atoms with E-state index in [1.54, 1.807) is 18.2 Å². The minimum atomic E-state index is -0.980. The Morgan fingerprint density at radius 3 is 2.62 bits per heavy atom. The lowest BCUT2D eigenvalue weighted by Gasteiger charge is -2.00. The number of carboxylic acids is 1. The van der Waals surface area contributed by atoms with E-state index < -0.39 is 5.97 Å². The lowest BCUT2D eigenvalue weighted by molar-refractivity contribution is 0.0698. The highest BCUT2D eigenvalue weighted by atomic mass is 35.5. The monoisotopic (exact) mass is 305 g/mol. The molecule has 21 heavy (non-hydrogen) atoms. The van der Waals surface area contributed by atoms with E-state index in [4.69, 9.17) is 27.2 Å². The first-order valence-electron chi connectivity index (χ1n) is 6.39. The van der Waals surface area contributed by atoms with Crippen LogP contribution < -0.4 is 10.5 Å². The van der Waals surface area contributed by atoms with Gasteiger partial charge in [0.25, 0.3) is 0 Å². The first-order valence-corrected chi connectivity index (χ1v) is 6.77. The molecule has 0 aromatic heterocycles. The van der Waals surface area contributed by atoms with Crippen molar-refractivity contribution in [3.8, 4) is 5.75 Å². The second-order valence-corrected chi connectivity index (χ2v) is 5.30. The second kappa shape index (κ2) is 6.06. The van der Waals surface area contributed by atoms with Crippen molar-refractivity contribution in [1.82, 2.24) is 0 Å². The van der Waals surface area contributed by atoms with Gasteiger partial charge in [-0.1, -0.05) is 23.2 Å². The molecule has 1 aliphatic rings. The first kappa shape index (κ1) is 15.2. The van der Waals surface area contributed by atoms with Crippen molar-refractivity contribution in [2.45, 2.75) is 20.5 Å². The van der Waals surface area contributed by atoms with Gasteiger partial charge in [-0.2, -0.15) is 0 Å².